The molecule has 1 unspecified atom stereocenters. The van der Waals surface area contributed by atoms with Gasteiger partial charge in [0.1, 0.15) is 5.75 Å². The van der Waals surface area contributed by atoms with Crippen LogP contribution in [0.5, 0.6) is 5.75 Å². The fourth-order valence-corrected chi connectivity index (χ4v) is 3.02. The third-order valence-corrected chi connectivity index (χ3v) is 4.29. The summed E-state index contributed by atoms with van der Waals surface area (Å²) in [7, 11) is 3.54. The van der Waals surface area contributed by atoms with Gasteiger partial charge in [-0.2, -0.15) is 0 Å². The van der Waals surface area contributed by atoms with Gasteiger partial charge in [0.2, 0.25) is 0 Å². The molecule has 1 aliphatic heterocycles. The highest BCUT2D eigenvalue weighted by Crippen LogP contribution is 2.27. The first-order valence-electron chi connectivity index (χ1n) is 8.61. The summed E-state index contributed by atoms with van der Waals surface area (Å²) < 4.78 is 5.39. The van der Waals surface area contributed by atoms with Crippen molar-refractivity contribution >= 4 is 29.9 Å². The van der Waals surface area contributed by atoms with E-state index >= 15 is 0 Å². The first kappa shape index (κ1) is 21.0. The molecule has 2 rings (SSSR count). The first-order chi connectivity index (χ1) is 11.3. The molecule has 0 saturated carbocycles. The molecule has 0 aliphatic carbocycles. The summed E-state index contributed by atoms with van der Waals surface area (Å²) in [5.74, 6) is 1.79. The van der Waals surface area contributed by atoms with Crippen LogP contribution in [0.15, 0.2) is 29.3 Å². The second-order valence-corrected chi connectivity index (χ2v) is 5.92. The zero-order valence-corrected chi connectivity index (χ0v) is 17.4. The van der Waals surface area contributed by atoms with Gasteiger partial charge in [-0.15, -0.1) is 24.0 Å². The molecule has 1 saturated heterocycles. The summed E-state index contributed by atoms with van der Waals surface area (Å²) in [6.45, 7) is 6.25. The minimum atomic E-state index is 0. The molecule has 0 bridgehead atoms. The number of likely N-dealkylation sites (tertiary alicyclic amines) is 1. The molecule has 0 amide bonds. The zero-order chi connectivity index (χ0) is 16.5. The highest BCUT2D eigenvalue weighted by Gasteiger charge is 2.24. The Hall–Kier alpha value is -1.02. The lowest BCUT2D eigenvalue weighted by molar-refractivity contribution is 0.245. The van der Waals surface area contributed by atoms with Crippen molar-refractivity contribution in [2.75, 3.05) is 40.3 Å². The molecule has 1 fully saturated rings. The zero-order valence-electron chi connectivity index (χ0n) is 15.0. The van der Waals surface area contributed by atoms with E-state index in [1.54, 1.807) is 7.11 Å². The Morgan fingerprint density at radius 2 is 2.04 bits per heavy atom. The van der Waals surface area contributed by atoms with Crippen LogP contribution in [-0.4, -0.2) is 51.2 Å². The summed E-state index contributed by atoms with van der Waals surface area (Å²) in [6, 6.07) is 8.75. The summed E-state index contributed by atoms with van der Waals surface area (Å²) in [5.41, 5.74) is 1.30. The largest absolute Gasteiger partial charge is 0.497 e. The number of methoxy groups -OCH3 is 1. The van der Waals surface area contributed by atoms with Crippen LogP contribution in [0.4, 0.5) is 0 Å². The molecule has 2 N–H and O–H groups in total. The van der Waals surface area contributed by atoms with E-state index in [0.717, 1.165) is 44.3 Å². The molecule has 1 aromatic rings. The van der Waals surface area contributed by atoms with E-state index in [0.29, 0.717) is 6.04 Å². The van der Waals surface area contributed by atoms with Crippen molar-refractivity contribution in [1.29, 1.82) is 0 Å². The van der Waals surface area contributed by atoms with Crippen LogP contribution in [0, 0.1) is 0 Å². The van der Waals surface area contributed by atoms with Gasteiger partial charge in [-0.3, -0.25) is 9.89 Å². The van der Waals surface area contributed by atoms with E-state index in [1.165, 1.54) is 18.4 Å². The molecule has 5 nitrogen and oxygen atoms in total. The molecule has 1 atom stereocenters. The second kappa shape index (κ2) is 11.5. The average Bonchev–Trinajstić information content (AvgIpc) is 3.12. The number of halogens is 1. The number of aliphatic imine (C=N–C) groups is 1. The molecule has 0 radical (unpaired) electrons. The average molecular weight is 446 g/mol. The Morgan fingerprint density at radius 1 is 1.29 bits per heavy atom. The van der Waals surface area contributed by atoms with Gasteiger partial charge in [0.05, 0.1) is 13.2 Å². The molecule has 1 aromatic carbocycles. The molecule has 6 heteroatoms. The smallest absolute Gasteiger partial charge is 0.191 e. The highest BCUT2D eigenvalue weighted by atomic mass is 127. The molecule has 136 valence electrons. The van der Waals surface area contributed by atoms with Gasteiger partial charge in [-0.25, -0.2) is 0 Å². The lowest BCUT2D eigenvalue weighted by Gasteiger charge is -2.29. The Kier molecular flexibility index (Phi) is 10.1. The molecule has 1 heterocycles. The van der Waals surface area contributed by atoms with Gasteiger partial charge in [0, 0.05) is 20.1 Å². The summed E-state index contributed by atoms with van der Waals surface area (Å²) in [6.07, 6.45) is 3.65. The number of nitrogens with one attached hydrogen (secondary N) is 2. The van der Waals surface area contributed by atoms with E-state index in [-0.39, 0.29) is 24.0 Å². The Labute approximate surface area is 163 Å². The SMILES string of the molecule is CCCNC(=NC)NCC(c1cccc(OC)c1)N1CCCC1.I. The topological polar surface area (TPSA) is 48.9 Å². The fraction of sp³-hybridized carbons (Fsp3) is 0.611. The predicted molar refractivity (Wildman–Crippen MR) is 112 cm³/mol. The van der Waals surface area contributed by atoms with Gasteiger partial charge in [0.15, 0.2) is 5.96 Å². The van der Waals surface area contributed by atoms with Gasteiger partial charge in [0.25, 0.3) is 0 Å². The van der Waals surface area contributed by atoms with Crippen LogP contribution in [0.1, 0.15) is 37.8 Å². The van der Waals surface area contributed by atoms with Crippen LogP contribution < -0.4 is 15.4 Å². The third kappa shape index (κ3) is 6.12. The predicted octanol–water partition coefficient (Wildman–Crippen LogP) is 3.03. The van der Waals surface area contributed by atoms with Crippen molar-refractivity contribution in [3.05, 3.63) is 29.8 Å². The van der Waals surface area contributed by atoms with Crippen LogP contribution in [-0.2, 0) is 0 Å². The van der Waals surface area contributed by atoms with E-state index < -0.39 is 0 Å². The minimum Gasteiger partial charge on any atom is -0.497 e. The minimum absolute atomic E-state index is 0. The molecule has 0 spiro atoms. The monoisotopic (exact) mass is 446 g/mol. The Morgan fingerprint density at radius 3 is 2.67 bits per heavy atom. The maximum atomic E-state index is 5.39. The van der Waals surface area contributed by atoms with Gasteiger partial charge < -0.3 is 15.4 Å². The van der Waals surface area contributed by atoms with Crippen molar-refractivity contribution in [1.82, 2.24) is 15.5 Å². The van der Waals surface area contributed by atoms with Crippen molar-refractivity contribution < 1.29 is 4.74 Å². The molecular formula is C18H31IN4O. The standard InChI is InChI=1S/C18H30N4O.HI/c1-4-10-20-18(19-2)21-14-17(22-11-5-6-12-22)15-8-7-9-16(13-15)23-3;/h7-9,13,17H,4-6,10-12,14H2,1-3H3,(H2,19,20,21);1H. The number of hydrogen-bond donors (Lipinski definition) is 2. The molecular weight excluding hydrogens is 415 g/mol. The van der Waals surface area contributed by atoms with Crippen LogP contribution in [0.3, 0.4) is 0 Å². The second-order valence-electron chi connectivity index (χ2n) is 5.92. The quantitative estimate of drug-likeness (QED) is 0.384. The maximum absolute atomic E-state index is 5.39. The van der Waals surface area contributed by atoms with Gasteiger partial charge in [-0.05, 0) is 50.0 Å². The van der Waals surface area contributed by atoms with Crippen molar-refractivity contribution in [2.45, 2.75) is 32.2 Å². The fourth-order valence-electron chi connectivity index (χ4n) is 3.02. The van der Waals surface area contributed by atoms with E-state index in [9.17, 15) is 0 Å². The lowest BCUT2D eigenvalue weighted by Crippen LogP contribution is -2.42. The van der Waals surface area contributed by atoms with Crippen LogP contribution in [0.25, 0.3) is 0 Å². The van der Waals surface area contributed by atoms with E-state index in [1.807, 2.05) is 13.1 Å². The number of hydrogen-bond acceptors (Lipinski definition) is 3. The van der Waals surface area contributed by atoms with Gasteiger partial charge >= 0.3 is 0 Å². The number of rotatable bonds is 7. The Balaban J connectivity index is 0.00000288. The summed E-state index contributed by atoms with van der Waals surface area (Å²) in [4.78, 5) is 6.85. The van der Waals surface area contributed by atoms with Crippen LogP contribution in [0.2, 0.25) is 0 Å². The van der Waals surface area contributed by atoms with E-state index in [2.05, 4.69) is 45.6 Å². The normalized spacial score (nSPS) is 16.4. The Bertz CT molecular complexity index is 504. The molecule has 0 aromatic heterocycles. The summed E-state index contributed by atoms with van der Waals surface area (Å²) in [5, 5.41) is 6.81. The number of guanidine groups is 1. The van der Waals surface area contributed by atoms with E-state index in [4.69, 9.17) is 4.74 Å². The lowest BCUT2D eigenvalue weighted by atomic mass is 10.1. The molecule has 1 aliphatic rings. The molecule has 24 heavy (non-hydrogen) atoms. The van der Waals surface area contributed by atoms with Gasteiger partial charge in [-0.1, -0.05) is 19.1 Å². The van der Waals surface area contributed by atoms with Crippen molar-refractivity contribution in [3.63, 3.8) is 0 Å². The highest BCUT2D eigenvalue weighted by molar-refractivity contribution is 14.0. The maximum Gasteiger partial charge on any atom is 0.191 e. The van der Waals surface area contributed by atoms with Crippen LogP contribution >= 0.6 is 24.0 Å². The third-order valence-electron chi connectivity index (χ3n) is 4.29. The van der Waals surface area contributed by atoms with Crippen molar-refractivity contribution in [2.24, 2.45) is 4.99 Å². The first-order valence-corrected chi connectivity index (χ1v) is 8.61. The number of benzene rings is 1. The van der Waals surface area contributed by atoms with Crippen molar-refractivity contribution in [3.8, 4) is 5.75 Å². The number of ether oxygens (including phenoxy) is 1. The number of nitrogens with zero attached hydrogens (tertiary/aromatic N) is 2. The summed E-state index contributed by atoms with van der Waals surface area (Å²) >= 11 is 0.